The number of aryl methyl sites for hydroxylation is 1. The fraction of sp³-hybridized carbons (Fsp3) is 0.741. The first kappa shape index (κ1) is 35.5. The molecule has 0 saturated carbocycles. The number of rotatable bonds is 17. The molecule has 1 saturated heterocycles. The summed E-state index contributed by atoms with van der Waals surface area (Å²) >= 11 is 0. The third-order valence-corrected chi connectivity index (χ3v) is 8.49. The number of esters is 2. The van der Waals surface area contributed by atoms with Crippen molar-refractivity contribution in [2.45, 2.75) is 91.8 Å². The highest BCUT2D eigenvalue weighted by Crippen LogP contribution is 2.47. The molecule has 14 nitrogen and oxygen atoms in total. The van der Waals surface area contributed by atoms with Gasteiger partial charge >= 0.3 is 17.6 Å². The smallest absolute Gasteiger partial charge is 0.330 e. The Morgan fingerprint density at radius 3 is 2.24 bits per heavy atom. The Bertz CT molecular complexity index is 1150. The molecule has 15 heteroatoms. The zero-order valence-electron chi connectivity index (χ0n) is 25.5. The summed E-state index contributed by atoms with van der Waals surface area (Å²) in [6.45, 7) is 13.1. The van der Waals surface area contributed by atoms with Gasteiger partial charge in [0.05, 0.1) is 58.1 Å². The second-order valence-electron chi connectivity index (χ2n) is 10.3. The topological polar surface area (TPSA) is 165 Å². The van der Waals surface area contributed by atoms with Crippen LogP contribution in [0, 0.1) is 18.3 Å². The average molecular weight is 614 g/mol. The van der Waals surface area contributed by atoms with Crippen molar-refractivity contribution in [3.63, 3.8) is 0 Å². The predicted octanol–water partition coefficient (Wildman–Crippen LogP) is 2.22. The van der Waals surface area contributed by atoms with Crippen LogP contribution in [0.1, 0.15) is 66.2 Å². The largest absolute Gasteiger partial charge is 0.465 e. The summed E-state index contributed by atoms with van der Waals surface area (Å²) in [5.41, 5.74) is -0.825. The van der Waals surface area contributed by atoms with Crippen LogP contribution in [0.2, 0.25) is 0 Å². The first-order chi connectivity index (χ1) is 19.9. The molecule has 0 bridgehead atoms. The van der Waals surface area contributed by atoms with Gasteiger partial charge in [0.2, 0.25) is 0 Å². The summed E-state index contributed by atoms with van der Waals surface area (Å²) in [5, 5.41) is 9.02. The van der Waals surface area contributed by atoms with Gasteiger partial charge in [-0.15, -0.1) is 0 Å². The van der Waals surface area contributed by atoms with Crippen LogP contribution in [-0.4, -0.2) is 94.8 Å². The lowest BCUT2D eigenvalue weighted by Crippen LogP contribution is -2.48. The molecule has 0 amide bonds. The van der Waals surface area contributed by atoms with E-state index in [0.717, 1.165) is 0 Å². The van der Waals surface area contributed by atoms with Crippen molar-refractivity contribution in [2.75, 3.05) is 39.5 Å². The number of nitrogens with one attached hydrogen (secondary N) is 1. The van der Waals surface area contributed by atoms with Gasteiger partial charge in [-0.1, -0.05) is 0 Å². The lowest BCUT2D eigenvalue weighted by Gasteiger charge is -2.36. The van der Waals surface area contributed by atoms with E-state index >= 15 is 0 Å². The number of ether oxygens (including phenoxy) is 3. The van der Waals surface area contributed by atoms with Crippen LogP contribution >= 0.6 is 8.53 Å². The molecule has 2 rings (SSSR count). The molecule has 2 heterocycles. The summed E-state index contributed by atoms with van der Waals surface area (Å²) in [5.74, 6) is -1.07. The molecule has 236 valence electrons. The summed E-state index contributed by atoms with van der Waals surface area (Å²) in [6.07, 6.45) is 0.269. The number of hydrogen-bond acceptors (Lipinski definition) is 12. The van der Waals surface area contributed by atoms with Crippen molar-refractivity contribution in [1.82, 2.24) is 19.1 Å². The maximum atomic E-state index is 12.7. The Hall–Kier alpha value is -2.66. The number of carbonyl (C=O) groups is 2. The van der Waals surface area contributed by atoms with E-state index in [1.807, 2.05) is 27.7 Å². The molecule has 1 fully saturated rings. The molecule has 0 aliphatic carbocycles. The van der Waals surface area contributed by atoms with Crippen LogP contribution in [0.4, 0.5) is 0 Å². The van der Waals surface area contributed by atoms with Gasteiger partial charge in [0.25, 0.3) is 14.1 Å². The van der Waals surface area contributed by atoms with Crippen molar-refractivity contribution in [3.8, 4) is 6.07 Å². The summed E-state index contributed by atoms with van der Waals surface area (Å²) in [7, 11) is -1.61. The standard InChI is InChI=1S/C27H44N5O9P/c1-8-37-24(33)15-30(16-25(34)38-9-2)21-13-23(31-14-20(7)26(35)29-27(31)36)41-22(21)17-40-42(39-12-10-11-28)32(18(3)4)19(5)6/h14,18-19,21-23H,8-10,12-13,15-17H2,1-7H3,(H,29,35,36)/t21-,22+,23+,42?/m0/s1. The van der Waals surface area contributed by atoms with E-state index in [2.05, 4.69) is 15.7 Å². The van der Waals surface area contributed by atoms with Gasteiger partial charge in [-0.25, -0.2) is 9.46 Å². The van der Waals surface area contributed by atoms with E-state index in [4.69, 9.17) is 28.5 Å². The molecule has 1 aromatic heterocycles. The van der Waals surface area contributed by atoms with Crippen LogP contribution < -0.4 is 11.2 Å². The van der Waals surface area contributed by atoms with Crippen LogP contribution in [0.3, 0.4) is 0 Å². The molecule has 4 atom stereocenters. The highest BCUT2D eigenvalue weighted by atomic mass is 31.2. The van der Waals surface area contributed by atoms with Gasteiger partial charge < -0.3 is 23.3 Å². The first-order valence-corrected chi connectivity index (χ1v) is 15.3. The SMILES string of the molecule is CCOC(=O)CN(CC(=O)OCC)[C@H]1C[C@H](n2cc(C)c(=O)[nH]c2=O)O[C@@H]1COP(OCCC#N)N(C(C)C)C(C)C. The van der Waals surface area contributed by atoms with Crippen molar-refractivity contribution in [3.05, 3.63) is 32.6 Å². The normalized spacial score (nSPS) is 19.4. The number of H-pyrrole nitrogens is 1. The lowest BCUT2D eigenvalue weighted by atomic mass is 10.1. The summed E-state index contributed by atoms with van der Waals surface area (Å²) < 4.78 is 32.3. The monoisotopic (exact) mass is 613 g/mol. The second-order valence-corrected chi connectivity index (χ2v) is 11.7. The van der Waals surface area contributed by atoms with Crippen molar-refractivity contribution in [1.29, 1.82) is 5.26 Å². The molecule has 1 unspecified atom stereocenters. The maximum absolute atomic E-state index is 12.7. The zero-order valence-corrected chi connectivity index (χ0v) is 26.4. The number of hydrogen-bond donors (Lipinski definition) is 1. The van der Waals surface area contributed by atoms with E-state index in [0.29, 0.717) is 5.56 Å². The van der Waals surface area contributed by atoms with Gasteiger partial charge in [-0.2, -0.15) is 5.26 Å². The molecule has 0 radical (unpaired) electrons. The first-order valence-electron chi connectivity index (χ1n) is 14.2. The number of carbonyl (C=O) groups excluding carboxylic acids is 2. The summed E-state index contributed by atoms with van der Waals surface area (Å²) in [4.78, 5) is 53.7. The zero-order chi connectivity index (χ0) is 31.4. The minimum atomic E-state index is -1.61. The van der Waals surface area contributed by atoms with Crippen molar-refractivity contribution < 1.29 is 32.8 Å². The van der Waals surface area contributed by atoms with Crippen LogP contribution in [0.25, 0.3) is 0 Å². The minimum absolute atomic E-state index is 0.00536. The molecule has 1 aliphatic heterocycles. The molecule has 42 heavy (non-hydrogen) atoms. The van der Waals surface area contributed by atoms with Crippen LogP contribution in [0.5, 0.6) is 0 Å². The van der Waals surface area contributed by atoms with E-state index in [9.17, 15) is 19.2 Å². The molecule has 1 aliphatic rings. The minimum Gasteiger partial charge on any atom is -0.465 e. The summed E-state index contributed by atoms with van der Waals surface area (Å²) in [6, 6.07) is 1.63. The molecule has 0 aromatic carbocycles. The van der Waals surface area contributed by atoms with Crippen molar-refractivity contribution >= 4 is 20.5 Å². The lowest BCUT2D eigenvalue weighted by molar-refractivity contribution is -0.150. The number of nitriles is 1. The van der Waals surface area contributed by atoms with Crippen molar-refractivity contribution in [2.24, 2.45) is 0 Å². The third-order valence-electron chi connectivity index (χ3n) is 6.42. The fourth-order valence-corrected chi connectivity index (χ4v) is 6.32. The van der Waals surface area contributed by atoms with E-state index in [1.54, 1.807) is 25.7 Å². The van der Waals surface area contributed by atoms with Crippen LogP contribution in [-0.2, 0) is 32.8 Å². The van der Waals surface area contributed by atoms with E-state index in [-0.39, 0.29) is 64.4 Å². The number of aromatic nitrogens is 2. The van der Waals surface area contributed by atoms with Gasteiger partial charge in [-0.05, 0) is 48.5 Å². The maximum Gasteiger partial charge on any atom is 0.330 e. The Labute approximate surface area is 247 Å². The third kappa shape index (κ3) is 10.3. The fourth-order valence-electron chi connectivity index (χ4n) is 4.71. The Kier molecular flexibility index (Phi) is 14.8. The average Bonchev–Trinajstić information content (AvgIpc) is 3.32. The molecule has 1 aromatic rings. The highest BCUT2D eigenvalue weighted by Gasteiger charge is 2.43. The second kappa shape index (κ2) is 17.5. The quantitative estimate of drug-likeness (QED) is 0.155. The molecular formula is C27H44N5O9P. The van der Waals surface area contributed by atoms with Gasteiger partial charge in [0.15, 0.2) is 0 Å². The van der Waals surface area contributed by atoms with E-state index < -0.39 is 50.1 Å². The molecular weight excluding hydrogens is 569 g/mol. The number of nitrogens with zero attached hydrogens (tertiary/aromatic N) is 4. The van der Waals surface area contributed by atoms with Gasteiger partial charge in [0.1, 0.15) is 6.23 Å². The molecule has 0 spiro atoms. The Morgan fingerprint density at radius 1 is 1.12 bits per heavy atom. The number of aromatic amines is 1. The van der Waals surface area contributed by atoms with E-state index in [1.165, 1.54) is 10.8 Å². The highest BCUT2D eigenvalue weighted by molar-refractivity contribution is 7.44. The van der Waals surface area contributed by atoms with Gasteiger partial charge in [-0.3, -0.25) is 28.8 Å². The van der Waals surface area contributed by atoms with Crippen LogP contribution in [0.15, 0.2) is 15.8 Å². The Balaban J connectivity index is 2.45. The van der Waals surface area contributed by atoms with Gasteiger partial charge in [0, 0.05) is 36.3 Å². The predicted molar refractivity (Wildman–Crippen MR) is 154 cm³/mol. The molecule has 1 N–H and O–H groups in total. The Morgan fingerprint density at radius 2 is 1.71 bits per heavy atom.